The van der Waals surface area contributed by atoms with Crippen LogP contribution < -0.4 is 11.1 Å². The second kappa shape index (κ2) is 7.46. The van der Waals surface area contributed by atoms with Gasteiger partial charge in [0, 0.05) is 12.7 Å². The van der Waals surface area contributed by atoms with Gasteiger partial charge < -0.3 is 11.1 Å². The Bertz CT molecular complexity index is 342. The summed E-state index contributed by atoms with van der Waals surface area (Å²) in [5, 5.41) is 3.27. The first-order valence-corrected chi connectivity index (χ1v) is 7.03. The van der Waals surface area contributed by atoms with Crippen LogP contribution in [-0.4, -0.2) is 28.5 Å². The van der Waals surface area contributed by atoms with Gasteiger partial charge >= 0.3 is 0 Å². The normalized spacial score (nSPS) is 10.1. The van der Waals surface area contributed by atoms with Gasteiger partial charge in [0.25, 0.3) is 0 Å². The molecule has 88 valence electrons. The minimum Gasteiger partial charge on any atom is -0.389 e. The Hall–Kier alpha value is -0.810. The molecule has 0 unspecified atom stereocenters. The molecule has 1 aromatic heterocycles. The summed E-state index contributed by atoms with van der Waals surface area (Å²) in [7, 11) is 0. The third-order valence-corrected chi connectivity index (χ3v) is 3.06. The fourth-order valence-corrected chi connectivity index (χ4v) is 1.98. The van der Waals surface area contributed by atoms with E-state index in [1.54, 1.807) is 6.20 Å². The van der Waals surface area contributed by atoms with Crippen molar-refractivity contribution in [3.63, 3.8) is 0 Å². The van der Waals surface area contributed by atoms with E-state index in [-0.39, 0.29) is 0 Å². The van der Waals surface area contributed by atoms with Crippen molar-refractivity contribution in [2.75, 3.05) is 23.9 Å². The quantitative estimate of drug-likeness (QED) is 0.578. The van der Waals surface area contributed by atoms with Crippen molar-refractivity contribution in [3.8, 4) is 0 Å². The van der Waals surface area contributed by atoms with Crippen molar-refractivity contribution in [3.05, 3.63) is 23.9 Å². The molecule has 0 aliphatic rings. The molecule has 0 aliphatic carbocycles. The van der Waals surface area contributed by atoms with Gasteiger partial charge in [0.1, 0.15) is 10.8 Å². The Morgan fingerprint density at radius 2 is 2.38 bits per heavy atom. The molecule has 0 aliphatic heterocycles. The number of hydrogen-bond donors (Lipinski definition) is 2. The lowest BCUT2D eigenvalue weighted by molar-refractivity contribution is 0.839. The second-order valence-corrected chi connectivity index (χ2v) is 4.82. The fourth-order valence-electron chi connectivity index (χ4n) is 1.32. The van der Waals surface area contributed by atoms with Crippen molar-refractivity contribution in [1.29, 1.82) is 0 Å². The van der Waals surface area contributed by atoms with Crippen molar-refractivity contribution in [1.82, 2.24) is 4.98 Å². The summed E-state index contributed by atoms with van der Waals surface area (Å²) in [5.41, 5.74) is 6.44. The highest BCUT2D eigenvalue weighted by Gasteiger charge is 2.04. The molecule has 16 heavy (non-hydrogen) atoms. The van der Waals surface area contributed by atoms with Gasteiger partial charge in [0.15, 0.2) is 0 Å². The van der Waals surface area contributed by atoms with Crippen molar-refractivity contribution in [2.45, 2.75) is 12.8 Å². The molecule has 3 N–H and O–H groups in total. The van der Waals surface area contributed by atoms with Crippen LogP contribution in [0.3, 0.4) is 0 Å². The number of nitrogens with zero attached hydrogens (tertiary/aromatic N) is 1. The zero-order valence-corrected chi connectivity index (χ0v) is 11.0. The number of nitrogens with two attached hydrogens (primary N) is 1. The summed E-state index contributed by atoms with van der Waals surface area (Å²) < 4.78 is 0. The molecule has 0 bridgehead atoms. The maximum Gasteiger partial charge on any atom is 0.136 e. The van der Waals surface area contributed by atoms with Crippen LogP contribution in [0.2, 0.25) is 0 Å². The summed E-state index contributed by atoms with van der Waals surface area (Å²) in [5.74, 6) is 1.99. The second-order valence-electron chi connectivity index (χ2n) is 3.39. The molecular formula is C11H17N3S2. The zero-order valence-electron chi connectivity index (χ0n) is 9.40. The third kappa shape index (κ3) is 4.37. The number of aromatic nitrogens is 1. The smallest absolute Gasteiger partial charge is 0.136 e. The molecule has 1 rings (SSSR count). The minimum absolute atomic E-state index is 0.389. The van der Waals surface area contributed by atoms with Crippen molar-refractivity contribution >= 4 is 34.8 Å². The Morgan fingerprint density at radius 1 is 1.56 bits per heavy atom. The summed E-state index contributed by atoms with van der Waals surface area (Å²) >= 11 is 6.84. The molecule has 1 heterocycles. The molecule has 0 spiro atoms. The van der Waals surface area contributed by atoms with E-state index < -0.39 is 0 Å². The molecule has 0 atom stereocenters. The predicted molar refractivity (Wildman–Crippen MR) is 76.2 cm³/mol. The van der Waals surface area contributed by atoms with Crippen LogP contribution in [0.25, 0.3) is 0 Å². The predicted octanol–water partition coefficient (Wildman–Crippen LogP) is 2.27. The van der Waals surface area contributed by atoms with Gasteiger partial charge in [0.05, 0.1) is 5.56 Å². The lowest BCUT2D eigenvalue weighted by atomic mass is 10.2. The van der Waals surface area contributed by atoms with E-state index in [9.17, 15) is 0 Å². The molecular weight excluding hydrogens is 238 g/mol. The SMILES string of the molecule is CSCCCCNc1ncccc1C(N)=S. The standard InChI is InChI=1S/C11H17N3S2/c1-16-8-3-2-6-13-11-9(10(12)15)5-4-7-14-11/h4-5,7H,2-3,6,8H2,1H3,(H2,12,15)(H,13,14). The number of nitrogens with one attached hydrogen (secondary N) is 1. The largest absolute Gasteiger partial charge is 0.389 e. The van der Waals surface area contributed by atoms with Gasteiger partial charge in [-0.2, -0.15) is 11.8 Å². The van der Waals surface area contributed by atoms with Crippen LogP contribution in [0.5, 0.6) is 0 Å². The van der Waals surface area contributed by atoms with E-state index >= 15 is 0 Å². The van der Waals surface area contributed by atoms with E-state index in [1.165, 1.54) is 12.2 Å². The van der Waals surface area contributed by atoms with Gasteiger partial charge in [-0.15, -0.1) is 0 Å². The maximum atomic E-state index is 5.61. The molecule has 0 amide bonds. The monoisotopic (exact) mass is 255 g/mol. The van der Waals surface area contributed by atoms with Crippen LogP contribution >= 0.6 is 24.0 Å². The fraction of sp³-hybridized carbons (Fsp3) is 0.455. The number of hydrogen-bond acceptors (Lipinski definition) is 4. The van der Waals surface area contributed by atoms with Gasteiger partial charge in [-0.1, -0.05) is 12.2 Å². The average Bonchev–Trinajstić information content (AvgIpc) is 2.29. The van der Waals surface area contributed by atoms with Crippen LogP contribution in [0.4, 0.5) is 5.82 Å². The molecule has 5 heteroatoms. The minimum atomic E-state index is 0.389. The summed E-state index contributed by atoms with van der Waals surface area (Å²) in [6, 6.07) is 3.73. The highest BCUT2D eigenvalue weighted by atomic mass is 32.2. The van der Waals surface area contributed by atoms with E-state index in [1.807, 2.05) is 23.9 Å². The molecule has 0 fully saturated rings. The van der Waals surface area contributed by atoms with Crippen LogP contribution in [-0.2, 0) is 0 Å². The Morgan fingerprint density at radius 3 is 3.06 bits per heavy atom. The van der Waals surface area contributed by atoms with E-state index in [2.05, 4.69) is 16.6 Å². The van der Waals surface area contributed by atoms with Crippen LogP contribution in [0.15, 0.2) is 18.3 Å². The van der Waals surface area contributed by atoms with Crippen LogP contribution in [0, 0.1) is 0 Å². The molecule has 0 aromatic carbocycles. The van der Waals surface area contributed by atoms with Gasteiger partial charge in [-0.05, 0) is 37.0 Å². The van der Waals surface area contributed by atoms with E-state index in [4.69, 9.17) is 18.0 Å². The first-order valence-electron chi connectivity index (χ1n) is 5.23. The lowest BCUT2D eigenvalue weighted by Gasteiger charge is -2.09. The summed E-state index contributed by atoms with van der Waals surface area (Å²) in [4.78, 5) is 4.62. The Balaban J connectivity index is 2.44. The summed E-state index contributed by atoms with van der Waals surface area (Å²) in [6.07, 6.45) is 6.21. The first-order chi connectivity index (χ1) is 7.75. The Kier molecular flexibility index (Phi) is 6.18. The highest BCUT2D eigenvalue weighted by molar-refractivity contribution is 7.98. The average molecular weight is 255 g/mol. The molecule has 3 nitrogen and oxygen atoms in total. The molecule has 0 saturated heterocycles. The van der Waals surface area contributed by atoms with E-state index in [0.29, 0.717) is 4.99 Å². The first kappa shape index (κ1) is 13.3. The molecule has 1 aromatic rings. The van der Waals surface area contributed by atoms with E-state index in [0.717, 1.165) is 24.3 Å². The van der Waals surface area contributed by atoms with Crippen molar-refractivity contribution in [2.24, 2.45) is 5.73 Å². The number of pyridine rings is 1. The summed E-state index contributed by atoms with van der Waals surface area (Å²) in [6.45, 7) is 0.910. The number of unbranched alkanes of at least 4 members (excludes halogenated alkanes) is 1. The number of rotatable bonds is 7. The van der Waals surface area contributed by atoms with Crippen LogP contribution in [0.1, 0.15) is 18.4 Å². The van der Waals surface area contributed by atoms with Gasteiger partial charge in [0.2, 0.25) is 0 Å². The number of anilines is 1. The highest BCUT2D eigenvalue weighted by Crippen LogP contribution is 2.11. The lowest BCUT2D eigenvalue weighted by Crippen LogP contribution is -2.14. The van der Waals surface area contributed by atoms with Gasteiger partial charge in [-0.25, -0.2) is 4.98 Å². The molecule has 0 saturated carbocycles. The third-order valence-electron chi connectivity index (χ3n) is 2.14. The van der Waals surface area contributed by atoms with Gasteiger partial charge in [-0.3, -0.25) is 0 Å². The number of thioether (sulfide) groups is 1. The Labute approximate surface area is 106 Å². The molecule has 0 radical (unpaired) electrons. The topological polar surface area (TPSA) is 50.9 Å². The number of thiocarbonyl (C=S) groups is 1. The zero-order chi connectivity index (χ0) is 11.8. The maximum absolute atomic E-state index is 5.61. The van der Waals surface area contributed by atoms with Crippen molar-refractivity contribution < 1.29 is 0 Å².